The molecule has 1 heterocycles. The van der Waals surface area contributed by atoms with E-state index in [1.807, 2.05) is 20.8 Å². The van der Waals surface area contributed by atoms with Crippen LogP contribution in [0.5, 0.6) is 0 Å². The second kappa shape index (κ2) is 7.46. The fourth-order valence-corrected chi connectivity index (χ4v) is 2.52. The number of aromatic nitrogens is 2. The quantitative estimate of drug-likeness (QED) is 0.867. The highest BCUT2D eigenvalue weighted by Crippen LogP contribution is 2.29. The van der Waals surface area contributed by atoms with Gasteiger partial charge in [0.2, 0.25) is 5.91 Å². The van der Waals surface area contributed by atoms with E-state index >= 15 is 0 Å². The highest BCUT2D eigenvalue weighted by Gasteiger charge is 2.22. The van der Waals surface area contributed by atoms with E-state index in [1.165, 1.54) is 24.4 Å². The third-order valence-corrected chi connectivity index (χ3v) is 3.63. The van der Waals surface area contributed by atoms with E-state index < -0.39 is 11.2 Å². The van der Waals surface area contributed by atoms with Crippen molar-refractivity contribution in [2.75, 3.05) is 0 Å². The van der Waals surface area contributed by atoms with Crippen molar-refractivity contribution in [3.8, 4) is 0 Å². The Morgan fingerprint density at radius 1 is 1.20 bits per heavy atom. The Hall–Kier alpha value is -2.70. The molecule has 0 aliphatic carbocycles. The van der Waals surface area contributed by atoms with Crippen LogP contribution >= 0.6 is 0 Å². The maximum absolute atomic E-state index is 13.2. The molecule has 1 aromatic heterocycles. The summed E-state index contributed by atoms with van der Waals surface area (Å²) in [5, 5.41) is 2.89. The van der Waals surface area contributed by atoms with E-state index in [2.05, 4.69) is 10.3 Å². The largest absolute Gasteiger partial charge is 0.348 e. The Kier molecular flexibility index (Phi) is 5.56. The van der Waals surface area contributed by atoms with Crippen LogP contribution in [0.2, 0.25) is 0 Å². The van der Waals surface area contributed by atoms with Crippen LogP contribution in [-0.4, -0.2) is 15.5 Å². The summed E-state index contributed by atoms with van der Waals surface area (Å²) >= 11 is 0. The summed E-state index contributed by atoms with van der Waals surface area (Å²) in [4.78, 5) is 37.2. The molecule has 1 amide bonds. The zero-order valence-corrected chi connectivity index (χ0v) is 14.5. The van der Waals surface area contributed by atoms with Gasteiger partial charge in [-0.15, -0.1) is 0 Å². The van der Waals surface area contributed by atoms with Gasteiger partial charge in [0, 0.05) is 12.3 Å². The minimum Gasteiger partial charge on any atom is -0.348 e. The summed E-state index contributed by atoms with van der Waals surface area (Å²) in [5.41, 5.74) is -0.435. The van der Waals surface area contributed by atoms with Crippen LogP contribution in [0.1, 0.15) is 38.8 Å². The smallest absolute Gasteiger partial charge is 0.328 e. The van der Waals surface area contributed by atoms with Crippen LogP contribution in [0.25, 0.3) is 0 Å². The minimum atomic E-state index is -0.642. The zero-order valence-electron chi connectivity index (χ0n) is 14.5. The maximum Gasteiger partial charge on any atom is 0.328 e. The second-order valence-corrected chi connectivity index (χ2v) is 7.17. The van der Waals surface area contributed by atoms with Gasteiger partial charge in [0.1, 0.15) is 12.4 Å². The van der Waals surface area contributed by atoms with Crippen molar-refractivity contribution < 1.29 is 9.18 Å². The molecule has 1 aromatic carbocycles. The summed E-state index contributed by atoms with van der Waals surface area (Å²) in [5.74, 6) is -0.711. The molecule has 25 heavy (non-hydrogen) atoms. The number of hydrogen-bond acceptors (Lipinski definition) is 3. The normalized spacial score (nSPS) is 12.6. The lowest BCUT2D eigenvalue weighted by Gasteiger charge is -2.27. The molecule has 1 unspecified atom stereocenters. The Morgan fingerprint density at radius 2 is 1.84 bits per heavy atom. The van der Waals surface area contributed by atoms with E-state index in [-0.39, 0.29) is 29.7 Å². The first-order chi connectivity index (χ1) is 11.6. The number of amides is 1. The number of H-pyrrole nitrogens is 1. The number of carbonyl (C=O) groups excluding carboxylic acids is 1. The lowest BCUT2D eigenvalue weighted by Crippen LogP contribution is -2.37. The number of hydrogen-bond donors (Lipinski definition) is 2. The van der Waals surface area contributed by atoms with Crippen LogP contribution in [0, 0.1) is 11.2 Å². The molecule has 0 aliphatic rings. The summed E-state index contributed by atoms with van der Waals surface area (Å²) in [6.45, 7) is 5.92. The van der Waals surface area contributed by atoms with Crippen LogP contribution in [0.3, 0.4) is 0 Å². The lowest BCUT2D eigenvalue weighted by atomic mass is 9.85. The number of nitrogens with zero attached hydrogens (tertiary/aromatic N) is 1. The van der Waals surface area contributed by atoms with E-state index in [0.29, 0.717) is 6.42 Å². The number of rotatable bonds is 5. The van der Waals surface area contributed by atoms with E-state index in [9.17, 15) is 18.8 Å². The van der Waals surface area contributed by atoms with Gasteiger partial charge in [0.25, 0.3) is 5.56 Å². The molecule has 2 N–H and O–H groups in total. The fourth-order valence-electron chi connectivity index (χ4n) is 2.52. The standard InChI is InChI=1S/C18H22FN3O3/c1-18(2,3)10-14(12-4-6-13(19)7-5-12)20-16(24)11-22-9-8-15(23)21-17(22)25/h4-9,14H,10-11H2,1-3H3,(H,20,24)(H,21,23,25). The predicted octanol–water partition coefficient (Wildman–Crippen LogP) is 1.97. The zero-order chi connectivity index (χ0) is 18.6. The van der Waals surface area contributed by atoms with Crippen LogP contribution < -0.4 is 16.6 Å². The van der Waals surface area contributed by atoms with Gasteiger partial charge in [-0.1, -0.05) is 32.9 Å². The SMILES string of the molecule is CC(C)(C)CC(NC(=O)Cn1ccc(=O)[nH]c1=O)c1ccc(F)cc1. The molecule has 0 bridgehead atoms. The highest BCUT2D eigenvalue weighted by atomic mass is 19.1. The molecule has 0 radical (unpaired) electrons. The van der Waals surface area contributed by atoms with Crippen molar-refractivity contribution in [3.05, 3.63) is 68.7 Å². The van der Waals surface area contributed by atoms with Gasteiger partial charge in [-0.3, -0.25) is 19.1 Å². The van der Waals surface area contributed by atoms with Gasteiger partial charge in [-0.05, 0) is 29.5 Å². The molecule has 134 valence electrons. The molecule has 0 saturated carbocycles. The highest BCUT2D eigenvalue weighted by molar-refractivity contribution is 5.76. The Morgan fingerprint density at radius 3 is 2.40 bits per heavy atom. The second-order valence-electron chi connectivity index (χ2n) is 7.17. The summed E-state index contributed by atoms with van der Waals surface area (Å²) in [6, 6.07) is 6.84. The molecule has 1 atom stereocenters. The number of nitrogens with one attached hydrogen (secondary N) is 2. The molecule has 0 fully saturated rings. The summed E-state index contributed by atoms with van der Waals surface area (Å²) in [6.07, 6.45) is 1.92. The lowest BCUT2D eigenvalue weighted by molar-refractivity contribution is -0.122. The third kappa shape index (κ3) is 5.70. The predicted molar refractivity (Wildman–Crippen MR) is 92.7 cm³/mol. The van der Waals surface area contributed by atoms with Gasteiger partial charge >= 0.3 is 5.69 Å². The number of carbonyl (C=O) groups is 1. The minimum absolute atomic E-state index is 0.0683. The molecule has 7 heteroatoms. The molecule has 0 saturated heterocycles. The topological polar surface area (TPSA) is 84.0 Å². The Balaban J connectivity index is 2.17. The third-order valence-electron chi connectivity index (χ3n) is 3.63. The van der Waals surface area contributed by atoms with Crippen molar-refractivity contribution >= 4 is 5.91 Å². The number of aromatic amines is 1. The molecule has 0 aliphatic heterocycles. The van der Waals surface area contributed by atoms with Crippen LogP contribution in [0.4, 0.5) is 4.39 Å². The van der Waals surface area contributed by atoms with E-state index in [4.69, 9.17) is 0 Å². The van der Waals surface area contributed by atoms with Gasteiger partial charge in [0.15, 0.2) is 0 Å². The first-order valence-corrected chi connectivity index (χ1v) is 7.99. The van der Waals surface area contributed by atoms with Gasteiger partial charge in [-0.2, -0.15) is 0 Å². The van der Waals surface area contributed by atoms with Crippen LogP contribution in [0.15, 0.2) is 46.1 Å². The molecule has 2 rings (SSSR count). The average Bonchev–Trinajstić information content (AvgIpc) is 2.49. The van der Waals surface area contributed by atoms with Gasteiger partial charge in [0.05, 0.1) is 6.04 Å². The summed E-state index contributed by atoms with van der Waals surface area (Å²) < 4.78 is 14.3. The summed E-state index contributed by atoms with van der Waals surface area (Å²) in [7, 11) is 0. The molecule has 6 nitrogen and oxygen atoms in total. The van der Waals surface area contributed by atoms with Crippen molar-refractivity contribution in [1.29, 1.82) is 0 Å². The van der Waals surface area contributed by atoms with Crippen molar-refractivity contribution in [1.82, 2.24) is 14.9 Å². The average molecular weight is 347 g/mol. The first kappa shape index (κ1) is 18.6. The molecule has 2 aromatic rings. The number of benzene rings is 1. The van der Waals surface area contributed by atoms with Crippen molar-refractivity contribution in [2.24, 2.45) is 5.41 Å². The monoisotopic (exact) mass is 347 g/mol. The fraction of sp³-hybridized carbons (Fsp3) is 0.389. The van der Waals surface area contributed by atoms with Gasteiger partial charge < -0.3 is 5.32 Å². The van der Waals surface area contributed by atoms with Crippen molar-refractivity contribution in [3.63, 3.8) is 0 Å². The van der Waals surface area contributed by atoms with E-state index in [1.54, 1.807) is 12.1 Å². The Bertz CT molecular complexity index is 847. The molecular formula is C18H22FN3O3. The number of halogens is 1. The maximum atomic E-state index is 13.2. The van der Waals surface area contributed by atoms with Crippen LogP contribution in [-0.2, 0) is 11.3 Å². The van der Waals surface area contributed by atoms with Gasteiger partial charge in [-0.25, -0.2) is 9.18 Å². The van der Waals surface area contributed by atoms with Crippen molar-refractivity contribution in [2.45, 2.75) is 39.8 Å². The van der Waals surface area contributed by atoms with E-state index in [0.717, 1.165) is 10.1 Å². The molecular weight excluding hydrogens is 325 g/mol. The first-order valence-electron chi connectivity index (χ1n) is 7.99. The Labute approximate surface area is 144 Å². The molecule has 0 spiro atoms.